The van der Waals surface area contributed by atoms with Crippen molar-refractivity contribution in [2.24, 2.45) is 0 Å². The quantitative estimate of drug-likeness (QED) is 0.648. The zero-order valence-electron chi connectivity index (χ0n) is 15.7. The number of rotatable bonds is 5. The first kappa shape index (κ1) is 19.0. The van der Waals surface area contributed by atoms with Crippen LogP contribution in [-0.2, 0) is 13.1 Å². The molecule has 0 unspecified atom stereocenters. The Morgan fingerprint density at radius 3 is 2.07 bits per heavy atom. The third kappa shape index (κ3) is 4.73. The van der Waals surface area contributed by atoms with Gasteiger partial charge in [0.15, 0.2) is 16.6 Å². The number of nitrogens with one attached hydrogen (secondary N) is 1. The Hall–Kier alpha value is -3.38. The molecule has 0 aliphatic carbocycles. The second-order valence-electron chi connectivity index (χ2n) is 6.65. The molecule has 0 fully saturated rings. The minimum Gasteiger partial charge on any atom is -0.454 e. The molecule has 0 saturated carbocycles. The fraction of sp³-hybridized carbons (Fsp3) is 0.130. The monoisotopic (exact) mass is 404 g/mol. The van der Waals surface area contributed by atoms with E-state index in [9.17, 15) is 4.79 Å². The third-order valence-corrected chi connectivity index (χ3v) is 4.94. The number of ether oxygens (including phenoxy) is 2. The molecule has 0 aromatic heterocycles. The second kappa shape index (κ2) is 8.75. The molecule has 1 amide bonds. The number of nitrogens with zero attached hydrogens (tertiary/aromatic N) is 1. The molecule has 0 atom stereocenters. The highest BCUT2D eigenvalue weighted by Crippen LogP contribution is 2.32. The minimum atomic E-state index is -0.278. The molecule has 1 N–H and O–H groups in total. The average Bonchev–Trinajstić information content (AvgIpc) is 3.22. The Morgan fingerprint density at radius 2 is 1.45 bits per heavy atom. The predicted octanol–water partition coefficient (Wildman–Crippen LogP) is 4.13. The standard InChI is InChI=1S/C23H20N2O3S/c26-22(19-11-12-20-21(13-19)28-16-27-20)24-23(29)25(14-17-7-3-1-4-8-17)15-18-9-5-2-6-10-18/h1-13H,14-16H2,(H,24,26,29). The Balaban J connectivity index is 1.50. The van der Waals surface area contributed by atoms with E-state index in [1.165, 1.54) is 0 Å². The van der Waals surface area contributed by atoms with Crippen LogP contribution in [0.3, 0.4) is 0 Å². The zero-order chi connectivity index (χ0) is 20.1. The van der Waals surface area contributed by atoms with Gasteiger partial charge in [-0.1, -0.05) is 60.7 Å². The second-order valence-corrected chi connectivity index (χ2v) is 7.04. The summed E-state index contributed by atoms with van der Waals surface area (Å²) in [5, 5.41) is 3.23. The fourth-order valence-electron chi connectivity index (χ4n) is 3.09. The van der Waals surface area contributed by atoms with Crippen LogP contribution in [-0.4, -0.2) is 22.7 Å². The van der Waals surface area contributed by atoms with Crippen molar-refractivity contribution in [2.45, 2.75) is 13.1 Å². The maximum absolute atomic E-state index is 12.7. The van der Waals surface area contributed by atoms with Crippen LogP contribution in [0.25, 0.3) is 0 Å². The first-order valence-corrected chi connectivity index (χ1v) is 9.67. The molecule has 0 saturated heterocycles. The van der Waals surface area contributed by atoms with E-state index in [1.54, 1.807) is 18.2 Å². The summed E-state index contributed by atoms with van der Waals surface area (Å²) in [6.45, 7) is 1.35. The molecular weight excluding hydrogens is 384 g/mol. The SMILES string of the molecule is O=C(NC(=S)N(Cc1ccccc1)Cc1ccccc1)c1ccc2c(c1)OCO2. The van der Waals surface area contributed by atoms with Gasteiger partial charge in [-0.15, -0.1) is 0 Å². The molecule has 1 heterocycles. The highest BCUT2D eigenvalue weighted by Gasteiger charge is 2.19. The lowest BCUT2D eigenvalue weighted by Crippen LogP contribution is -2.42. The summed E-state index contributed by atoms with van der Waals surface area (Å²) in [4.78, 5) is 14.7. The number of hydrogen-bond acceptors (Lipinski definition) is 4. The molecule has 4 rings (SSSR count). The summed E-state index contributed by atoms with van der Waals surface area (Å²) in [5.41, 5.74) is 2.70. The molecule has 5 nitrogen and oxygen atoms in total. The summed E-state index contributed by atoms with van der Waals surface area (Å²) in [5.74, 6) is 0.923. The van der Waals surface area contributed by atoms with E-state index >= 15 is 0 Å². The summed E-state index contributed by atoms with van der Waals surface area (Å²) in [6.07, 6.45) is 0. The Morgan fingerprint density at radius 1 is 0.862 bits per heavy atom. The van der Waals surface area contributed by atoms with Gasteiger partial charge in [-0.3, -0.25) is 10.1 Å². The number of carbonyl (C=O) groups excluding carboxylic acids is 1. The lowest BCUT2D eigenvalue weighted by Gasteiger charge is -2.26. The number of thiocarbonyl (C=S) groups is 1. The van der Waals surface area contributed by atoms with E-state index in [-0.39, 0.29) is 12.7 Å². The van der Waals surface area contributed by atoms with Crippen molar-refractivity contribution >= 4 is 23.2 Å². The molecule has 29 heavy (non-hydrogen) atoms. The average molecular weight is 404 g/mol. The third-order valence-electron chi connectivity index (χ3n) is 4.57. The fourth-order valence-corrected chi connectivity index (χ4v) is 3.32. The first-order valence-electron chi connectivity index (χ1n) is 9.27. The van der Waals surface area contributed by atoms with Crippen molar-refractivity contribution in [3.05, 3.63) is 95.6 Å². The van der Waals surface area contributed by atoms with Crippen molar-refractivity contribution in [2.75, 3.05) is 6.79 Å². The number of carbonyl (C=O) groups is 1. The summed E-state index contributed by atoms with van der Waals surface area (Å²) < 4.78 is 10.7. The van der Waals surface area contributed by atoms with Crippen molar-refractivity contribution in [1.82, 2.24) is 10.2 Å². The smallest absolute Gasteiger partial charge is 0.257 e. The molecule has 0 spiro atoms. The van der Waals surface area contributed by atoms with Crippen molar-refractivity contribution in [3.63, 3.8) is 0 Å². The molecular formula is C23H20N2O3S. The molecule has 3 aromatic rings. The summed E-state index contributed by atoms with van der Waals surface area (Å²) in [6, 6.07) is 25.2. The number of hydrogen-bond donors (Lipinski definition) is 1. The van der Waals surface area contributed by atoms with Gasteiger partial charge in [-0.25, -0.2) is 0 Å². The van der Waals surface area contributed by atoms with E-state index in [4.69, 9.17) is 21.7 Å². The van der Waals surface area contributed by atoms with Crippen LogP contribution < -0.4 is 14.8 Å². The maximum Gasteiger partial charge on any atom is 0.257 e. The van der Waals surface area contributed by atoms with Crippen molar-refractivity contribution < 1.29 is 14.3 Å². The van der Waals surface area contributed by atoms with E-state index in [2.05, 4.69) is 5.32 Å². The van der Waals surface area contributed by atoms with Gasteiger partial charge in [0.05, 0.1) is 0 Å². The Bertz CT molecular complexity index is 968. The topological polar surface area (TPSA) is 50.8 Å². The van der Waals surface area contributed by atoms with E-state index in [1.807, 2.05) is 65.6 Å². The molecule has 6 heteroatoms. The predicted molar refractivity (Wildman–Crippen MR) is 115 cm³/mol. The van der Waals surface area contributed by atoms with Gasteiger partial charge < -0.3 is 14.4 Å². The molecule has 0 bridgehead atoms. The van der Waals surface area contributed by atoms with Gasteiger partial charge in [0.2, 0.25) is 6.79 Å². The largest absolute Gasteiger partial charge is 0.454 e. The summed E-state index contributed by atoms with van der Waals surface area (Å²) >= 11 is 5.59. The Kier molecular flexibility index (Phi) is 5.72. The maximum atomic E-state index is 12.7. The van der Waals surface area contributed by atoms with Gasteiger partial charge >= 0.3 is 0 Å². The molecule has 3 aromatic carbocycles. The van der Waals surface area contributed by atoms with Crippen LogP contribution in [0.2, 0.25) is 0 Å². The normalized spacial score (nSPS) is 11.7. The van der Waals surface area contributed by atoms with Gasteiger partial charge in [-0.2, -0.15) is 0 Å². The van der Waals surface area contributed by atoms with Crippen LogP contribution in [0.4, 0.5) is 0 Å². The van der Waals surface area contributed by atoms with Gasteiger partial charge in [0.1, 0.15) is 0 Å². The highest BCUT2D eigenvalue weighted by molar-refractivity contribution is 7.80. The molecule has 1 aliphatic heterocycles. The Labute approximate surface area is 174 Å². The van der Waals surface area contributed by atoms with Crippen molar-refractivity contribution in [3.8, 4) is 11.5 Å². The van der Waals surface area contributed by atoms with Crippen LogP contribution >= 0.6 is 12.2 Å². The molecule has 1 aliphatic rings. The van der Waals surface area contributed by atoms with Gasteiger partial charge in [0, 0.05) is 18.7 Å². The molecule has 146 valence electrons. The van der Waals surface area contributed by atoms with E-state index in [0.29, 0.717) is 35.3 Å². The number of fused-ring (bicyclic) bond motifs is 1. The van der Waals surface area contributed by atoms with Gasteiger partial charge in [-0.05, 0) is 41.5 Å². The molecule has 0 radical (unpaired) electrons. The zero-order valence-corrected chi connectivity index (χ0v) is 16.5. The lowest BCUT2D eigenvalue weighted by atomic mass is 10.1. The van der Waals surface area contributed by atoms with E-state index < -0.39 is 0 Å². The highest BCUT2D eigenvalue weighted by atomic mass is 32.1. The van der Waals surface area contributed by atoms with Gasteiger partial charge in [0.25, 0.3) is 5.91 Å². The van der Waals surface area contributed by atoms with E-state index in [0.717, 1.165) is 11.1 Å². The first-order chi connectivity index (χ1) is 14.2. The minimum absolute atomic E-state index is 0.167. The van der Waals surface area contributed by atoms with Crippen LogP contribution in [0.1, 0.15) is 21.5 Å². The van der Waals surface area contributed by atoms with Crippen LogP contribution in [0.5, 0.6) is 11.5 Å². The van der Waals surface area contributed by atoms with Crippen LogP contribution in [0.15, 0.2) is 78.9 Å². The summed E-state index contributed by atoms with van der Waals surface area (Å²) in [7, 11) is 0. The van der Waals surface area contributed by atoms with Crippen molar-refractivity contribution in [1.29, 1.82) is 0 Å². The number of amides is 1. The lowest BCUT2D eigenvalue weighted by molar-refractivity contribution is 0.0972. The van der Waals surface area contributed by atoms with Crippen LogP contribution in [0, 0.1) is 0 Å². The number of benzene rings is 3.